The zero-order valence-electron chi connectivity index (χ0n) is 20.4. The summed E-state index contributed by atoms with van der Waals surface area (Å²) in [6, 6.07) is -1.47. The van der Waals surface area contributed by atoms with Gasteiger partial charge >= 0.3 is 24.2 Å². The number of nitrogens with one attached hydrogen (secondary N) is 1. The van der Waals surface area contributed by atoms with Gasteiger partial charge in [0.25, 0.3) is 0 Å². The van der Waals surface area contributed by atoms with Gasteiger partial charge in [-0.15, -0.1) is 0 Å². The third-order valence-electron chi connectivity index (χ3n) is 3.70. The molecule has 0 rings (SSSR count). The minimum Gasteiger partial charge on any atom is -0.458 e. The molecule has 2 atom stereocenters. The second-order valence-corrected chi connectivity index (χ2v) is 9.34. The largest absolute Gasteiger partial charge is 0.509 e. The van der Waals surface area contributed by atoms with Crippen molar-refractivity contribution < 1.29 is 41.8 Å². The van der Waals surface area contributed by atoms with Gasteiger partial charge in [0.2, 0.25) is 0 Å². The van der Waals surface area contributed by atoms with Gasteiger partial charge < -0.3 is 19.5 Å². The Labute approximate surface area is 193 Å². The minimum atomic E-state index is -5.11. The maximum absolute atomic E-state index is 12.6. The van der Waals surface area contributed by atoms with Crippen molar-refractivity contribution in [2.75, 3.05) is 0 Å². The molecule has 0 aromatic rings. The molecule has 0 saturated heterocycles. The second kappa shape index (κ2) is 13.3. The zero-order chi connectivity index (χ0) is 25.9. The zero-order valence-corrected chi connectivity index (χ0v) is 20.4. The highest BCUT2D eigenvalue weighted by molar-refractivity contribution is 5.87. The van der Waals surface area contributed by atoms with E-state index in [1.165, 1.54) is 6.08 Å². The SMILES string of the molecule is C/C=C/C(CCC/C=C/CC(NC(=O)C(F)(F)F)C(=O)OC(C)(C)C)OC(=O)OC(C)(C)C. The van der Waals surface area contributed by atoms with E-state index in [4.69, 9.17) is 14.2 Å². The highest BCUT2D eigenvalue weighted by Crippen LogP contribution is 2.17. The molecule has 0 aromatic carbocycles. The summed E-state index contributed by atoms with van der Waals surface area (Å²) < 4.78 is 53.3. The average Bonchev–Trinajstić information content (AvgIpc) is 2.59. The summed E-state index contributed by atoms with van der Waals surface area (Å²) in [6.45, 7) is 11.7. The number of unbranched alkanes of at least 4 members (excludes halogenated alkanes) is 1. The van der Waals surface area contributed by atoms with Gasteiger partial charge in [-0.2, -0.15) is 13.2 Å². The van der Waals surface area contributed by atoms with Gasteiger partial charge in [-0.1, -0.05) is 18.2 Å². The van der Waals surface area contributed by atoms with E-state index in [1.807, 2.05) is 0 Å². The number of alkyl halides is 3. The molecule has 2 unspecified atom stereocenters. The fraction of sp³-hybridized carbons (Fsp3) is 0.696. The van der Waals surface area contributed by atoms with E-state index in [9.17, 15) is 27.6 Å². The van der Waals surface area contributed by atoms with E-state index in [0.717, 1.165) is 0 Å². The van der Waals surface area contributed by atoms with Crippen LogP contribution in [0.1, 0.15) is 74.1 Å². The molecule has 33 heavy (non-hydrogen) atoms. The summed E-state index contributed by atoms with van der Waals surface area (Å²) in [5.74, 6) is -3.16. The summed E-state index contributed by atoms with van der Waals surface area (Å²) >= 11 is 0. The molecular weight excluding hydrogens is 443 g/mol. The topological polar surface area (TPSA) is 90.9 Å². The lowest BCUT2D eigenvalue weighted by atomic mass is 10.1. The Hall–Kier alpha value is -2.52. The lowest BCUT2D eigenvalue weighted by molar-refractivity contribution is -0.177. The molecule has 0 aromatic heterocycles. The van der Waals surface area contributed by atoms with Gasteiger partial charge in [0, 0.05) is 0 Å². The van der Waals surface area contributed by atoms with Gasteiger partial charge in [0.15, 0.2) is 0 Å². The monoisotopic (exact) mass is 479 g/mol. The summed E-state index contributed by atoms with van der Waals surface area (Å²) in [7, 11) is 0. The number of hydrogen-bond donors (Lipinski definition) is 1. The van der Waals surface area contributed by atoms with Crippen molar-refractivity contribution in [1.82, 2.24) is 5.32 Å². The number of amides is 1. The molecule has 0 radical (unpaired) electrons. The molecule has 1 amide bonds. The van der Waals surface area contributed by atoms with E-state index in [2.05, 4.69) is 0 Å². The maximum atomic E-state index is 12.6. The van der Waals surface area contributed by atoms with Gasteiger partial charge in [0.1, 0.15) is 23.3 Å². The first-order valence-electron chi connectivity index (χ1n) is 10.7. The minimum absolute atomic E-state index is 0.163. The molecule has 0 aliphatic rings. The molecule has 0 heterocycles. The Balaban J connectivity index is 4.82. The predicted molar refractivity (Wildman–Crippen MR) is 117 cm³/mol. The Kier molecular flexibility index (Phi) is 12.2. The van der Waals surface area contributed by atoms with Crippen LogP contribution in [0.25, 0.3) is 0 Å². The molecule has 0 fully saturated rings. The summed E-state index contributed by atoms with van der Waals surface area (Å²) in [5.41, 5.74) is -1.59. The van der Waals surface area contributed by atoms with Crippen LogP contribution in [0.2, 0.25) is 0 Å². The molecule has 0 spiro atoms. The Morgan fingerprint density at radius 1 is 0.939 bits per heavy atom. The van der Waals surface area contributed by atoms with Crippen molar-refractivity contribution >= 4 is 18.0 Å². The van der Waals surface area contributed by atoms with E-state index in [1.54, 1.807) is 72.0 Å². The second-order valence-electron chi connectivity index (χ2n) is 9.34. The van der Waals surface area contributed by atoms with Gasteiger partial charge in [-0.05, 0) is 80.2 Å². The van der Waals surface area contributed by atoms with Crippen molar-refractivity contribution in [2.45, 2.75) is 104 Å². The molecule has 0 bridgehead atoms. The first kappa shape index (κ1) is 30.5. The normalized spacial score (nSPS) is 14.7. The van der Waals surface area contributed by atoms with Crippen molar-refractivity contribution in [1.29, 1.82) is 0 Å². The summed E-state index contributed by atoms with van der Waals surface area (Å²) in [5, 5.41) is 1.68. The van der Waals surface area contributed by atoms with Gasteiger partial charge in [-0.3, -0.25) is 4.79 Å². The molecule has 0 aliphatic carbocycles. The lowest BCUT2D eigenvalue weighted by Gasteiger charge is -2.24. The standard InChI is InChI=1S/C23H36F3NO6/c1-8-13-16(31-20(30)33-22(5,6)7)14-11-9-10-12-15-17(18(28)32-21(2,3)4)27-19(29)23(24,25)26/h8,10,12-13,16-17H,9,11,14-15H2,1-7H3,(H,27,29)/b12-10+,13-8+. The van der Waals surface area contributed by atoms with Crippen LogP contribution in [0.3, 0.4) is 0 Å². The van der Waals surface area contributed by atoms with Crippen molar-refractivity contribution in [3.63, 3.8) is 0 Å². The first-order valence-corrected chi connectivity index (χ1v) is 10.7. The van der Waals surface area contributed by atoms with Crippen LogP contribution in [0.5, 0.6) is 0 Å². The van der Waals surface area contributed by atoms with Crippen LogP contribution in [-0.4, -0.2) is 47.6 Å². The van der Waals surface area contributed by atoms with Gasteiger partial charge in [0.05, 0.1) is 0 Å². The van der Waals surface area contributed by atoms with Crippen LogP contribution in [-0.2, 0) is 23.8 Å². The highest BCUT2D eigenvalue weighted by atomic mass is 19.4. The fourth-order valence-corrected chi connectivity index (χ4v) is 2.42. The van der Waals surface area contributed by atoms with Crippen molar-refractivity contribution in [3.8, 4) is 0 Å². The molecule has 1 N–H and O–H groups in total. The maximum Gasteiger partial charge on any atom is 0.509 e. The highest BCUT2D eigenvalue weighted by Gasteiger charge is 2.41. The summed E-state index contributed by atoms with van der Waals surface area (Å²) in [6.07, 6.45) is 1.72. The Bertz CT molecular complexity index is 702. The van der Waals surface area contributed by atoms with Gasteiger partial charge in [-0.25, -0.2) is 9.59 Å². The first-order chi connectivity index (χ1) is 14.9. The quantitative estimate of drug-likeness (QED) is 0.257. The van der Waals surface area contributed by atoms with Crippen LogP contribution < -0.4 is 5.32 Å². The number of ether oxygens (including phenoxy) is 3. The molecule has 190 valence electrons. The van der Waals surface area contributed by atoms with Crippen molar-refractivity contribution in [3.05, 3.63) is 24.3 Å². The Morgan fingerprint density at radius 3 is 2.00 bits per heavy atom. The fourth-order valence-electron chi connectivity index (χ4n) is 2.42. The number of carbonyl (C=O) groups excluding carboxylic acids is 3. The van der Waals surface area contributed by atoms with Crippen LogP contribution in [0.15, 0.2) is 24.3 Å². The van der Waals surface area contributed by atoms with E-state index >= 15 is 0 Å². The number of allylic oxidation sites excluding steroid dienone is 2. The molecule has 0 aliphatic heterocycles. The smallest absolute Gasteiger partial charge is 0.458 e. The third kappa shape index (κ3) is 15.8. The number of carbonyl (C=O) groups is 3. The number of esters is 1. The van der Waals surface area contributed by atoms with Crippen LogP contribution in [0, 0.1) is 0 Å². The molecule has 10 heteroatoms. The molecular formula is C23H36F3NO6. The molecule has 7 nitrogen and oxygen atoms in total. The van der Waals surface area contributed by atoms with Crippen LogP contribution in [0.4, 0.5) is 18.0 Å². The number of hydrogen-bond acceptors (Lipinski definition) is 6. The third-order valence-corrected chi connectivity index (χ3v) is 3.70. The van der Waals surface area contributed by atoms with E-state index in [0.29, 0.717) is 19.3 Å². The molecule has 0 saturated carbocycles. The lowest BCUT2D eigenvalue weighted by Crippen LogP contribution is -2.48. The predicted octanol–water partition coefficient (Wildman–Crippen LogP) is 5.39. The average molecular weight is 480 g/mol. The van der Waals surface area contributed by atoms with E-state index in [-0.39, 0.29) is 6.42 Å². The number of rotatable bonds is 10. The van der Waals surface area contributed by atoms with Crippen LogP contribution >= 0.6 is 0 Å². The van der Waals surface area contributed by atoms with E-state index < -0.39 is 47.6 Å². The Morgan fingerprint density at radius 2 is 1.52 bits per heavy atom. The summed E-state index contributed by atoms with van der Waals surface area (Å²) in [4.78, 5) is 35.3. The van der Waals surface area contributed by atoms with Crippen molar-refractivity contribution in [2.24, 2.45) is 0 Å². The number of halogens is 3.